The highest BCUT2D eigenvalue weighted by atomic mass is 35.5. The number of nitrogens with zero attached hydrogens (tertiary/aromatic N) is 1. The first-order valence-corrected chi connectivity index (χ1v) is 7.06. The minimum absolute atomic E-state index is 0. The number of sulfonamides is 1. The van der Waals surface area contributed by atoms with Gasteiger partial charge in [0.2, 0.25) is 10.0 Å². The van der Waals surface area contributed by atoms with E-state index >= 15 is 0 Å². The quantitative estimate of drug-likeness (QED) is 0.626. The number of benzene rings is 1. The molecule has 1 aromatic carbocycles. The molecule has 9 heteroatoms. The van der Waals surface area contributed by atoms with Crippen molar-refractivity contribution in [3.05, 3.63) is 33.9 Å². The molecule has 3 N–H and O–H groups in total. The Morgan fingerprint density at radius 2 is 1.95 bits per heavy atom. The minimum Gasteiger partial charge on any atom is -0.329 e. The van der Waals surface area contributed by atoms with Gasteiger partial charge in [0.05, 0.1) is 9.82 Å². The zero-order valence-corrected chi connectivity index (χ0v) is 13.0. The molecule has 0 amide bonds. The third-order valence-electron chi connectivity index (χ3n) is 2.61. The number of nitrogens with one attached hydrogen (secondary N) is 1. The summed E-state index contributed by atoms with van der Waals surface area (Å²) in [4.78, 5) is 10.1. The molecule has 0 aliphatic carbocycles. The zero-order chi connectivity index (χ0) is 14.8. The van der Waals surface area contributed by atoms with E-state index in [9.17, 15) is 18.5 Å². The van der Waals surface area contributed by atoms with Crippen molar-refractivity contribution in [2.24, 2.45) is 5.73 Å². The molecule has 0 spiro atoms. The molecule has 0 atom stereocenters. The fourth-order valence-electron chi connectivity index (χ4n) is 1.42. The van der Waals surface area contributed by atoms with E-state index in [0.29, 0.717) is 5.56 Å². The van der Waals surface area contributed by atoms with E-state index in [1.807, 2.05) is 0 Å². The normalized spacial score (nSPS) is 11.8. The van der Waals surface area contributed by atoms with Crippen LogP contribution in [0.2, 0.25) is 0 Å². The maximum atomic E-state index is 12.1. The van der Waals surface area contributed by atoms with Crippen LogP contribution in [-0.2, 0) is 10.0 Å². The third-order valence-corrected chi connectivity index (χ3v) is 4.30. The van der Waals surface area contributed by atoms with Crippen LogP contribution in [0, 0.1) is 17.0 Å². The Labute approximate surface area is 124 Å². The second kappa shape index (κ2) is 6.49. The van der Waals surface area contributed by atoms with Gasteiger partial charge in [-0.05, 0) is 26.8 Å². The maximum Gasteiger partial charge on any atom is 0.273 e. The second-order valence-corrected chi connectivity index (χ2v) is 6.58. The number of nitro benzene ring substituents is 1. The number of rotatable bonds is 5. The smallest absolute Gasteiger partial charge is 0.273 e. The number of halogens is 1. The molecule has 0 unspecified atom stereocenters. The number of hydrogen-bond donors (Lipinski definition) is 2. The molecule has 0 bridgehead atoms. The molecule has 0 saturated carbocycles. The molecule has 20 heavy (non-hydrogen) atoms. The van der Waals surface area contributed by atoms with Gasteiger partial charge in [-0.1, -0.05) is 6.07 Å². The summed E-state index contributed by atoms with van der Waals surface area (Å²) in [5.41, 5.74) is 4.81. The van der Waals surface area contributed by atoms with E-state index in [-0.39, 0.29) is 29.5 Å². The van der Waals surface area contributed by atoms with Crippen molar-refractivity contribution in [1.29, 1.82) is 0 Å². The lowest BCUT2D eigenvalue weighted by Crippen LogP contribution is -2.48. The summed E-state index contributed by atoms with van der Waals surface area (Å²) in [6.07, 6.45) is 0. The lowest BCUT2D eigenvalue weighted by atomic mass is 10.1. The lowest BCUT2D eigenvalue weighted by molar-refractivity contribution is -0.385. The lowest BCUT2D eigenvalue weighted by Gasteiger charge is -2.23. The van der Waals surface area contributed by atoms with Gasteiger partial charge in [-0.3, -0.25) is 10.1 Å². The van der Waals surface area contributed by atoms with Gasteiger partial charge in [0.1, 0.15) is 0 Å². The molecule has 0 heterocycles. The van der Waals surface area contributed by atoms with Gasteiger partial charge in [0, 0.05) is 23.7 Å². The van der Waals surface area contributed by atoms with E-state index < -0.39 is 20.5 Å². The second-order valence-electron chi connectivity index (χ2n) is 4.90. The summed E-state index contributed by atoms with van der Waals surface area (Å²) >= 11 is 0. The first-order valence-electron chi connectivity index (χ1n) is 5.58. The van der Waals surface area contributed by atoms with Gasteiger partial charge in [-0.15, -0.1) is 12.4 Å². The van der Waals surface area contributed by atoms with Crippen LogP contribution >= 0.6 is 12.4 Å². The van der Waals surface area contributed by atoms with Crippen LogP contribution in [0.25, 0.3) is 0 Å². The predicted octanol–water partition coefficient (Wildman–Crippen LogP) is 1.34. The van der Waals surface area contributed by atoms with Crippen LogP contribution in [0.4, 0.5) is 5.69 Å². The highest BCUT2D eigenvalue weighted by Crippen LogP contribution is 2.22. The van der Waals surface area contributed by atoms with E-state index in [1.165, 1.54) is 12.1 Å². The largest absolute Gasteiger partial charge is 0.329 e. The molecule has 7 nitrogen and oxygen atoms in total. The number of aryl methyl sites for hydroxylation is 1. The Balaban J connectivity index is 0.00000361. The van der Waals surface area contributed by atoms with Crippen molar-refractivity contribution >= 4 is 28.1 Å². The number of nitro groups is 1. The van der Waals surface area contributed by atoms with E-state index in [1.54, 1.807) is 20.8 Å². The number of nitrogens with two attached hydrogens (primary N) is 1. The molecule has 0 fully saturated rings. The highest BCUT2D eigenvalue weighted by molar-refractivity contribution is 7.89. The Kier molecular flexibility index (Phi) is 6.09. The van der Waals surface area contributed by atoms with Gasteiger partial charge in [-0.2, -0.15) is 0 Å². The summed E-state index contributed by atoms with van der Waals surface area (Å²) in [6, 6.07) is 3.78. The van der Waals surface area contributed by atoms with Gasteiger partial charge in [-0.25, -0.2) is 13.1 Å². The fraction of sp³-hybridized carbons (Fsp3) is 0.455. The molecule has 0 aromatic heterocycles. The Hall–Kier alpha value is -1.22. The van der Waals surface area contributed by atoms with E-state index in [2.05, 4.69) is 4.72 Å². The van der Waals surface area contributed by atoms with Crippen LogP contribution in [0.5, 0.6) is 0 Å². The molecule has 0 aliphatic heterocycles. The summed E-state index contributed by atoms with van der Waals surface area (Å²) in [7, 11) is -3.84. The Bertz CT molecular complexity index is 602. The zero-order valence-electron chi connectivity index (χ0n) is 11.4. The third kappa shape index (κ3) is 4.41. The summed E-state index contributed by atoms with van der Waals surface area (Å²) in [5.74, 6) is 0. The maximum absolute atomic E-state index is 12.1. The van der Waals surface area contributed by atoms with Gasteiger partial charge in [0.25, 0.3) is 5.69 Å². The fourth-order valence-corrected chi connectivity index (χ4v) is 2.86. The molecular formula is C11H18ClN3O4S. The van der Waals surface area contributed by atoms with Crippen LogP contribution in [0.3, 0.4) is 0 Å². The van der Waals surface area contributed by atoms with Crippen molar-refractivity contribution in [2.45, 2.75) is 31.2 Å². The molecule has 0 radical (unpaired) electrons. The molecular weight excluding hydrogens is 306 g/mol. The average Bonchev–Trinajstić information content (AvgIpc) is 2.27. The van der Waals surface area contributed by atoms with Crippen molar-refractivity contribution in [2.75, 3.05) is 6.54 Å². The van der Waals surface area contributed by atoms with Crippen molar-refractivity contribution in [3.63, 3.8) is 0 Å². The van der Waals surface area contributed by atoms with Crippen LogP contribution in [0.1, 0.15) is 19.4 Å². The van der Waals surface area contributed by atoms with Gasteiger partial charge < -0.3 is 5.73 Å². The molecule has 114 valence electrons. The van der Waals surface area contributed by atoms with E-state index in [4.69, 9.17) is 5.73 Å². The Morgan fingerprint density at radius 1 is 1.40 bits per heavy atom. The first-order chi connectivity index (χ1) is 8.59. The molecule has 0 aliphatic rings. The topological polar surface area (TPSA) is 115 Å². The number of hydrogen-bond acceptors (Lipinski definition) is 5. The average molecular weight is 324 g/mol. The van der Waals surface area contributed by atoms with Crippen molar-refractivity contribution in [1.82, 2.24) is 4.72 Å². The summed E-state index contributed by atoms with van der Waals surface area (Å²) in [5, 5.41) is 10.8. The summed E-state index contributed by atoms with van der Waals surface area (Å²) in [6.45, 7) is 4.92. The van der Waals surface area contributed by atoms with Crippen molar-refractivity contribution < 1.29 is 13.3 Å². The monoisotopic (exact) mass is 323 g/mol. The molecule has 0 saturated heterocycles. The highest BCUT2D eigenvalue weighted by Gasteiger charge is 2.26. The van der Waals surface area contributed by atoms with Crippen molar-refractivity contribution in [3.8, 4) is 0 Å². The van der Waals surface area contributed by atoms with Gasteiger partial charge >= 0.3 is 0 Å². The first kappa shape index (κ1) is 18.8. The summed E-state index contributed by atoms with van der Waals surface area (Å²) < 4.78 is 26.6. The Morgan fingerprint density at radius 3 is 2.40 bits per heavy atom. The SMILES string of the molecule is Cc1ccc(S(=O)(=O)NC(C)(C)CN)cc1[N+](=O)[O-].Cl. The van der Waals surface area contributed by atoms with Gasteiger partial charge in [0.15, 0.2) is 0 Å². The minimum atomic E-state index is -3.84. The van der Waals surface area contributed by atoms with E-state index in [0.717, 1.165) is 6.07 Å². The van der Waals surface area contributed by atoms with Crippen LogP contribution in [-0.4, -0.2) is 25.4 Å². The van der Waals surface area contributed by atoms with Crippen LogP contribution < -0.4 is 10.5 Å². The molecule has 1 rings (SSSR count). The van der Waals surface area contributed by atoms with Crippen LogP contribution in [0.15, 0.2) is 23.1 Å². The predicted molar refractivity (Wildman–Crippen MR) is 78.5 cm³/mol. The standard InChI is InChI=1S/C11H17N3O4S.ClH/c1-8-4-5-9(6-10(8)14(15)16)19(17,18)13-11(2,3)7-12;/h4-6,13H,7,12H2,1-3H3;1H. The molecule has 1 aromatic rings.